The van der Waals surface area contributed by atoms with E-state index in [4.69, 9.17) is 9.15 Å². The molecule has 2 aromatic heterocycles. The van der Waals surface area contributed by atoms with Crippen LogP contribution in [-0.4, -0.2) is 27.6 Å². The fourth-order valence-electron chi connectivity index (χ4n) is 2.87. The van der Waals surface area contributed by atoms with Crippen molar-refractivity contribution in [3.63, 3.8) is 0 Å². The van der Waals surface area contributed by atoms with Crippen LogP contribution in [0, 0.1) is 6.92 Å². The number of fused-ring (bicyclic) bond motifs is 2. The minimum atomic E-state index is -0.908. The highest BCUT2D eigenvalue weighted by molar-refractivity contribution is 6.29. The number of ketones is 2. The van der Waals surface area contributed by atoms with Crippen LogP contribution in [0.3, 0.4) is 0 Å². The summed E-state index contributed by atoms with van der Waals surface area (Å²) in [7, 11) is 0. The fourth-order valence-corrected chi connectivity index (χ4v) is 2.87. The summed E-state index contributed by atoms with van der Waals surface area (Å²) in [6.45, 7) is 1.46. The average Bonchev–Trinajstić information content (AvgIpc) is 2.99. The Hall–Kier alpha value is -3.74. The number of pyridine rings is 1. The molecule has 7 heteroatoms. The second-order valence-electron chi connectivity index (χ2n) is 5.65. The highest BCUT2D eigenvalue weighted by atomic mass is 16.5. The van der Waals surface area contributed by atoms with Crippen molar-refractivity contribution in [2.75, 3.05) is 0 Å². The maximum Gasteiger partial charge on any atom is 0.348 e. The zero-order valence-electron chi connectivity index (χ0n) is 13.5. The minimum absolute atomic E-state index is 0.0394. The van der Waals surface area contributed by atoms with Gasteiger partial charge < -0.3 is 14.3 Å². The van der Waals surface area contributed by atoms with Crippen LogP contribution in [0.5, 0.6) is 11.5 Å². The molecule has 2 heterocycles. The third-order valence-electron chi connectivity index (χ3n) is 4.06. The number of rotatable bonds is 2. The van der Waals surface area contributed by atoms with Gasteiger partial charge in [0.25, 0.3) is 0 Å². The number of phenolic OH excluding ortho intramolecular Hbond substituents is 1. The van der Waals surface area contributed by atoms with E-state index < -0.39 is 17.5 Å². The van der Waals surface area contributed by atoms with E-state index in [2.05, 4.69) is 4.98 Å². The normalized spacial score (nSPS) is 12.5. The van der Waals surface area contributed by atoms with Crippen molar-refractivity contribution < 1.29 is 28.6 Å². The topological polar surface area (TPSA) is 107 Å². The summed E-state index contributed by atoms with van der Waals surface area (Å²) in [5, 5.41) is 9.76. The summed E-state index contributed by atoms with van der Waals surface area (Å²) in [6, 6.07) is 8.92. The number of phenols is 1. The highest BCUT2D eigenvalue weighted by Crippen LogP contribution is 2.34. The van der Waals surface area contributed by atoms with Crippen molar-refractivity contribution in [1.29, 1.82) is 0 Å². The van der Waals surface area contributed by atoms with E-state index in [9.17, 15) is 19.5 Å². The number of benzene rings is 1. The summed E-state index contributed by atoms with van der Waals surface area (Å²) >= 11 is 0. The smallest absolute Gasteiger partial charge is 0.348 e. The van der Waals surface area contributed by atoms with Crippen LogP contribution in [0.15, 0.2) is 47.0 Å². The van der Waals surface area contributed by atoms with Gasteiger partial charge in [-0.05, 0) is 31.2 Å². The van der Waals surface area contributed by atoms with Gasteiger partial charge in [0.2, 0.25) is 11.6 Å². The Bertz CT molecular complexity index is 1100. The van der Waals surface area contributed by atoms with Crippen LogP contribution in [0.1, 0.15) is 48.3 Å². The van der Waals surface area contributed by atoms with Crippen LogP contribution in [0.25, 0.3) is 0 Å². The first-order chi connectivity index (χ1) is 12.5. The Labute approximate surface area is 146 Å². The molecule has 0 saturated carbocycles. The van der Waals surface area contributed by atoms with Crippen LogP contribution in [-0.2, 0) is 0 Å². The van der Waals surface area contributed by atoms with E-state index >= 15 is 0 Å². The third kappa shape index (κ3) is 2.21. The lowest BCUT2D eigenvalue weighted by Gasteiger charge is -2.12. The second-order valence-corrected chi connectivity index (χ2v) is 5.65. The molecule has 1 aromatic carbocycles. The van der Waals surface area contributed by atoms with Gasteiger partial charge in [-0.3, -0.25) is 14.6 Å². The first-order valence-corrected chi connectivity index (χ1v) is 7.67. The van der Waals surface area contributed by atoms with Gasteiger partial charge in [-0.2, -0.15) is 0 Å². The molecule has 0 aliphatic heterocycles. The largest absolute Gasteiger partial charge is 0.504 e. The van der Waals surface area contributed by atoms with Gasteiger partial charge in [0.05, 0.1) is 11.1 Å². The van der Waals surface area contributed by atoms with Crippen LogP contribution in [0.4, 0.5) is 0 Å². The predicted molar refractivity (Wildman–Crippen MR) is 87.6 cm³/mol. The number of hydrogen-bond donors (Lipinski definition) is 1. The van der Waals surface area contributed by atoms with Crippen LogP contribution < -0.4 is 4.74 Å². The lowest BCUT2D eigenvalue weighted by molar-refractivity contribution is 0.0724. The van der Waals surface area contributed by atoms with Crippen molar-refractivity contribution in [3.05, 3.63) is 76.5 Å². The van der Waals surface area contributed by atoms with E-state index in [0.717, 1.165) is 0 Å². The molecule has 0 saturated heterocycles. The Kier molecular flexibility index (Phi) is 3.43. The standard InChI is InChI=1S/C19H11NO6/c1-9-13(19(24)26-12-7-3-2-6-11(12)21)14-17(23)15-10(5-4-8-20-15)16(22)18(14)25-9/h2-8,21H,1H3. The number of nitrogens with zero attached hydrogens (tertiary/aromatic N) is 1. The molecule has 1 aliphatic carbocycles. The van der Waals surface area contributed by atoms with Crippen molar-refractivity contribution >= 4 is 17.5 Å². The SMILES string of the molecule is Cc1oc2c(c1C(=O)Oc1ccccc1O)C(=O)c1ncccc1C2=O. The zero-order valence-corrected chi connectivity index (χ0v) is 13.5. The summed E-state index contributed by atoms with van der Waals surface area (Å²) < 4.78 is 10.6. The summed E-state index contributed by atoms with van der Waals surface area (Å²) in [4.78, 5) is 41.9. The van der Waals surface area contributed by atoms with E-state index in [1.807, 2.05) is 0 Å². The van der Waals surface area contributed by atoms with Gasteiger partial charge in [0.1, 0.15) is 17.0 Å². The number of para-hydroxylation sites is 2. The Balaban J connectivity index is 1.82. The maximum absolute atomic E-state index is 12.8. The Morgan fingerprint density at radius 1 is 1.12 bits per heavy atom. The predicted octanol–water partition coefficient (Wildman–Crippen LogP) is 2.68. The van der Waals surface area contributed by atoms with Crippen molar-refractivity contribution in [2.24, 2.45) is 0 Å². The summed E-state index contributed by atoms with van der Waals surface area (Å²) in [6.07, 6.45) is 1.39. The van der Waals surface area contributed by atoms with E-state index in [1.54, 1.807) is 12.1 Å². The first kappa shape index (κ1) is 15.8. The van der Waals surface area contributed by atoms with Gasteiger partial charge in [-0.1, -0.05) is 12.1 Å². The molecule has 4 rings (SSSR count). The summed E-state index contributed by atoms with van der Waals surface area (Å²) in [5.41, 5.74) is -0.237. The molecule has 0 radical (unpaired) electrons. The molecule has 0 amide bonds. The molecule has 0 atom stereocenters. The zero-order chi connectivity index (χ0) is 18.4. The first-order valence-electron chi connectivity index (χ1n) is 7.67. The Morgan fingerprint density at radius 2 is 1.88 bits per heavy atom. The van der Waals surface area contributed by atoms with Gasteiger partial charge >= 0.3 is 5.97 Å². The van der Waals surface area contributed by atoms with E-state index in [0.29, 0.717) is 0 Å². The quantitative estimate of drug-likeness (QED) is 0.438. The van der Waals surface area contributed by atoms with Gasteiger partial charge in [-0.15, -0.1) is 0 Å². The van der Waals surface area contributed by atoms with Crippen molar-refractivity contribution in [1.82, 2.24) is 4.98 Å². The second kappa shape index (κ2) is 5.66. The lowest BCUT2D eigenvalue weighted by atomic mass is 9.90. The number of hydrogen-bond acceptors (Lipinski definition) is 7. The molecule has 1 N–H and O–H groups in total. The molecule has 0 spiro atoms. The van der Waals surface area contributed by atoms with Crippen LogP contribution in [0.2, 0.25) is 0 Å². The number of esters is 1. The number of aromatic hydroxyl groups is 1. The maximum atomic E-state index is 12.8. The van der Waals surface area contributed by atoms with Crippen molar-refractivity contribution in [2.45, 2.75) is 6.92 Å². The van der Waals surface area contributed by atoms with Gasteiger partial charge in [-0.25, -0.2) is 4.79 Å². The van der Waals surface area contributed by atoms with Crippen molar-refractivity contribution in [3.8, 4) is 11.5 Å². The molecule has 0 bridgehead atoms. The summed E-state index contributed by atoms with van der Waals surface area (Å²) in [5.74, 6) is -2.45. The molecular formula is C19H11NO6. The van der Waals surface area contributed by atoms with Gasteiger partial charge in [0, 0.05) is 6.20 Å². The number of aryl methyl sites for hydroxylation is 1. The van der Waals surface area contributed by atoms with Crippen LogP contribution >= 0.6 is 0 Å². The number of aromatic nitrogens is 1. The highest BCUT2D eigenvalue weighted by Gasteiger charge is 2.40. The fraction of sp³-hybridized carbons (Fsp3) is 0.0526. The van der Waals surface area contributed by atoms with E-state index in [1.165, 1.54) is 37.4 Å². The molecule has 3 aromatic rings. The van der Waals surface area contributed by atoms with E-state index in [-0.39, 0.29) is 45.4 Å². The third-order valence-corrected chi connectivity index (χ3v) is 4.06. The molecule has 7 nitrogen and oxygen atoms in total. The Morgan fingerprint density at radius 3 is 2.65 bits per heavy atom. The van der Waals surface area contributed by atoms with Gasteiger partial charge in [0.15, 0.2) is 17.3 Å². The monoisotopic (exact) mass is 349 g/mol. The number of carbonyl (C=O) groups excluding carboxylic acids is 3. The number of furan rings is 1. The number of ether oxygens (including phenoxy) is 1. The molecular weight excluding hydrogens is 338 g/mol. The molecule has 1 aliphatic rings. The molecule has 0 fully saturated rings. The number of carbonyl (C=O) groups is 3. The molecule has 26 heavy (non-hydrogen) atoms. The molecule has 128 valence electrons. The average molecular weight is 349 g/mol. The lowest BCUT2D eigenvalue weighted by Crippen LogP contribution is -2.23. The molecule has 0 unspecified atom stereocenters. The minimum Gasteiger partial charge on any atom is -0.504 e.